The zero-order chi connectivity index (χ0) is 19.1. The Morgan fingerprint density at radius 3 is 1.00 bits per heavy atom. The third-order valence-electron chi connectivity index (χ3n) is 2.79. The Balaban J connectivity index is -0.00000192. The molecular formula is C6H12Na3O15P3. The van der Waals surface area contributed by atoms with Crippen LogP contribution >= 0.6 is 23.5 Å². The molecule has 27 heavy (non-hydrogen) atoms. The van der Waals surface area contributed by atoms with Crippen LogP contribution in [0, 0.1) is 0 Å². The van der Waals surface area contributed by atoms with Crippen molar-refractivity contribution in [1.82, 2.24) is 0 Å². The first-order valence-corrected chi connectivity index (χ1v) is 10.2. The second kappa shape index (κ2) is 13.0. The van der Waals surface area contributed by atoms with E-state index in [1.807, 2.05) is 0 Å². The van der Waals surface area contributed by atoms with E-state index in [1.165, 1.54) is 0 Å². The number of phosphoric acid groups is 3. The molecule has 6 N–H and O–H groups in total. The van der Waals surface area contributed by atoms with Crippen LogP contribution in [0.4, 0.5) is 0 Å². The van der Waals surface area contributed by atoms with E-state index < -0.39 is 60.1 Å². The van der Waals surface area contributed by atoms with E-state index in [0.717, 1.165) is 0 Å². The smallest absolute Gasteiger partial charge is 0.756 e. The van der Waals surface area contributed by atoms with Crippen LogP contribution in [0.5, 0.6) is 0 Å². The van der Waals surface area contributed by atoms with Gasteiger partial charge in [-0.1, -0.05) is 0 Å². The summed E-state index contributed by atoms with van der Waals surface area (Å²) in [7, 11) is -17.2. The largest absolute Gasteiger partial charge is 1.00 e. The molecule has 1 fully saturated rings. The van der Waals surface area contributed by atoms with Gasteiger partial charge < -0.3 is 58.3 Å². The molecule has 0 spiro atoms. The van der Waals surface area contributed by atoms with E-state index in [4.69, 9.17) is 14.7 Å². The first kappa shape index (κ1) is 34.8. The van der Waals surface area contributed by atoms with Crippen LogP contribution in [0.2, 0.25) is 0 Å². The second-order valence-electron chi connectivity index (χ2n) is 4.59. The van der Waals surface area contributed by atoms with E-state index in [9.17, 15) is 43.7 Å². The average Bonchev–Trinajstić information content (AvgIpc) is 2.32. The summed E-state index contributed by atoms with van der Waals surface area (Å²) in [4.78, 5) is 58.3. The Morgan fingerprint density at radius 2 is 0.778 bits per heavy atom. The Morgan fingerprint density at radius 1 is 0.556 bits per heavy atom. The summed E-state index contributed by atoms with van der Waals surface area (Å²) in [5.74, 6) is 0. The second-order valence-corrected chi connectivity index (χ2v) is 8.03. The van der Waals surface area contributed by atoms with Crippen molar-refractivity contribution in [3.8, 4) is 0 Å². The van der Waals surface area contributed by atoms with Gasteiger partial charge in [-0.2, -0.15) is 0 Å². The van der Waals surface area contributed by atoms with Crippen molar-refractivity contribution in [2.24, 2.45) is 0 Å². The topological polar surface area (TPSA) is 269 Å². The third-order valence-corrected chi connectivity index (χ3v) is 4.31. The summed E-state index contributed by atoms with van der Waals surface area (Å²) in [6.07, 6.45) is -15.0. The van der Waals surface area contributed by atoms with Crippen LogP contribution in [0.3, 0.4) is 0 Å². The number of hydrogen-bond acceptors (Lipinski definition) is 12. The Labute approximate surface area is 218 Å². The zero-order valence-corrected chi connectivity index (χ0v) is 22.8. The van der Waals surface area contributed by atoms with Crippen molar-refractivity contribution in [3.05, 3.63) is 0 Å². The molecule has 0 amide bonds. The van der Waals surface area contributed by atoms with Gasteiger partial charge in [0.25, 0.3) is 23.5 Å². The van der Waals surface area contributed by atoms with Gasteiger partial charge in [-0.15, -0.1) is 0 Å². The summed E-state index contributed by atoms with van der Waals surface area (Å²) < 4.78 is 44.1. The molecule has 21 heteroatoms. The normalized spacial score (nSPS) is 37.2. The maximum absolute atomic E-state index is 10.8. The van der Waals surface area contributed by atoms with E-state index in [0.29, 0.717) is 0 Å². The van der Waals surface area contributed by atoms with Gasteiger partial charge in [-0.05, 0) is 0 Å². The number of rotatable bonds is 6. The van der Waals surface area contributed by atoms with E-state index >= 15 is 0 Å². The van der Waals surface area contributed by atoms with Crippen LogP contribution in [0.15, 0.2) is 0 Å². The molecule has 0 aromatic carbocycles. The minimum absolute atomic E-state index is 0. The predicted molar refractivity (Wildman–Crippen MR) is 62.1 cm³/mol. The molecule has 1 aliphatic carbocycles. The molecule has 0 heterocycles. The van der Waals surface area contributed by atoms with Crippen molar-refractivity contribution < 1.29 is 161 Å². The summed E-state index contributed by atoms with van der Waals surface area (Å²) >= 11 is 0. The quantitative estimate of drug-likeness (QED) is 0.150. The van der Waals surface area contributed by atoms with Crippen molar-refractivity contribution in [2.45, 2.75) is 36.6 Å². The van der Waals surface area contributed by atoms with Gasteiger partial charge in [0.15, 0.2) is 0 Å². The Hall–Kier alpha value is 3.21. The summed E-state index contributed by atoms with van der Waals surface area (Å²) in [5.41, 5.74) is 0. The third kappa shape index (κ3) is 12.1. The van der Waals surface area contributed by atoms with Crippen molar-refractivity contribution >= 4 is 23.5 Å². The van der Waals surface area contributed by atoms with Crippen LogP contribution in [0.25, 0.3) is 0 Å². The number of hydrogen-bond donors (Lipinski definition) is 6. The Bertz CT molecular complexity index is 549. The van der Waals surface area contributed by atoms with Crippen LogP contribution in [0.1, 0.15) is 0 Å². The summed E-state index contributed by atoms with van der Waals surface area (Å²) in [6.45, 7) is 0. The van der Waals surface area contributed by atoms with Crippen LogP contribution < -0.4 is 103 Å². The molecule has 9 atom stereocenters. The van der Waals surface area contributed by atoms with Gasteiger partial charge in [-0.25, -0.2) is 0 Å². The van der Waals surface area contributed by atoms with Gasteiger partial charge in [0.1, 0.15) is 36.6 Å². The first-order chi connectivity index (χ1) is 10.5. The molecule has 0 aliphatic heterocycles. The SMILES string of the molecule is O=P([O-])(O)OC1[C@@H](OP(=O)([O-])O)[C@@H](O)C(O)[C@H](O)[C@H]1OP(=O)([O-])O.[Na+].[Na+].[Na+]. The van der Waals surface area contributed by atoms with E-state index in [-0.39, 0.29) is 88.7 Å². The molecule has 1 saturated carbocycles. The minimum Gasteiger partial charge on any atom is -0.756 e. The fraction of sp³-hybridized carbons (Fsp3) is 1.00. The number of aliphatic hydroxyl groups is 3. The zero-order valence-electron chi connectivity index (χ0n) is 14.2. The van der Waals surface area contributed by atoms with Gasteiger partial charge in [-0.3, -0.25) is 13.7 Å². The molecule has 0 aromatic rings. The fourth-order valence-corrected chi connectivity index (χ4v) is 3.64. The average molecular weight is 486 g/mol. The molecule has 15 nitrogen and oxygen atoms in total. The number of aliphatic hydroxyl groups excluding tert-OH is 3. The first-order valence-electron chi connectivity index (χ1n) is 5.72. The molecule has 144 valence electrons. The maximum Gasteiger partial charge on any atom is 1.00 e. The van der Waals surface area contributed by atoms with Crippen molar-refractivity contribution in [1.29, 1.82) is 0 Å². The molecule has 0 radical (unpaired) electrons. The molecule has 5 unspecified atom stereocenters. The van der Waals surface area contributed by atoms with E-state index in [1.54, 1.807) is 0 Å². The number of phosphoric ester groups is 3. The summed E-state index contributed by atoms with van der Waals surface area (Å²) in [5, 5.41) is 28.8. The minimum atomic E-state index is -5.77. The van der Waals surface area contributed by atoms with Gasteiger partial charge in [0.05, 0.1) is 0 Å². The van der Waals surface area contributed by atoms with Gasteiger partial charge in [0.2, 0.25) is 0 Å². The van der Waals surface area contributed by atoms with Crippen LogP contribution in [-0.2, 0) is 27.3 Å². The maximum atomic E-state index is 10.8. The molecular weight excluding hydrogens is 474 g/mol. The van der Waals surface area contributed by atoms with Gasteiger partial charge in [0, 0.05) is 0 Å². The Kier molecular flexibility index (Phi) is 16.8. The van der Waals surface area contributed by atoms with Crippen LogP contribution in [-0.4, -0.2) is 66.6 Å². The van der Waals surface area contributed by atoms with Gasteiger partial charge >= 0.3 is 88.7 Å². The standard InChI is InChI=1S/C6H15O15P3.3Na/c7-1-2(8)4(19-22(10,11)12)6(21-24(16,17)18)5(3(1)9)20-23(13,14)15;;;/h1-9H,(H2,10,11,12)(H2,13,14,15)(H2,16,17,18);;;/q;3*+1/p-3/t1?,2-,3-,4-,5+,6?;;;/m0.../s1. The molecule has 0 saturated heterocycles. The predicted octanol–water partition coefficient (Wildman–Crippen LogP) is -14.4. The molecule has 0 bridgehead atoms. The molecule has 0 aromatic heterocycles. The summed E-state index contributed by atoms with van der Waals surface area (Å²) in [6, 6.07) is 0. The van der Waals surface area contributed by atoms with E-state index in [2.05, 4.69) is 13.6 Å². The fourth-order valence-electron chi connectivity index (χ4n) is 1.99. The van der Waals surface area contributed by atoms with Crippen molar-refractivity contribution in [2.75, 3.05) is 0 Å². The molecule has 1 aliphatic rings. The molecule has 1 rings (SSSR count). The van der Waals surface area contributed by atoms with Crippen molar-refractivity contribution in [3.63, 3.8) is 0 Å². The monoisotopic (exact) mass is 486 g/mol.